The molecule has 2 aromatic rings. The van der Waals surface area contributed by atoms with Crippen molar-refractivity contribution in [1.29, 1.82) is 0 Å². The molecule has 0 bridgehead atoms. The molecule has 2 unspecified atom stereocenters. The Morgan fingerprint density at radius 2 is 1.84 bits per heavy atom. The van der Waals surface area contributed by atoms with E-state index >= 15 is 0 Å². The molecule has 6 heteroatoms. The van der Waals surface area contributed by atoms with Gasteiger partial charge < -0.3 is 15.5 Å². The van der Waals surface area contributed by atoms with Gasteiger partial charge in [0.2, 0.25) is 5.91 Å². The lowest BCUT2D eigenvalue weighted by Crippen LogP contribution is -2.51. The van der Waals surface area contributed by atoms with E-state index in [-0.39, 0.29) is 18.4 Å². The van der Waals surface area contributed by atoms with E-state index in [9.17, 15) is 24.2 Å². The third-order valence-corrected chi connectivity index (χ3v) is 4.13. The number of carbonyl (C=O) groups is 2. The van der Waals surface area contributed by atoms with Crippen molar-refractivity contribution in [2.45, 2.75) is 31.4 Å². The van der Waals surface area contributed by atoms with Crippen LogP contribution in [0.25, 0.3) is 0 Å². The van der Waals surface area contributed by atoms with Crippen LogP contribution in [0.3, 0.4) is 0 Å². The Morgan fingerprint density at radius 3 is 2.40 bits per heavy atom. The van der Waals surface area contributed by atoms with Crippen LogP contribution in [0.4, 0.5) is 4.39 Å². The molecule has 0 aliphatic carbocycles. The second-order valence-corrected chi connectivity index (χ2v) is 5.75. The van der Waals surface area contributed by atoms with Crippen LogP contribution in [0.5, 0.6) is 0 Å². The Balaban J connectivity index is 2.19. The van der Waals surface area contributed by atoms with Gasteiger partial charge in [-0.25, -0.2) is 9.18 Å². The molecule has 0 aliphatic heterocycles. The molecule has 132 valence electrons. The number of carboxylic acid groups (broad SMARTS) is 1. The Bertz CT molecular complexity index is 750. The van der Waals surface area contributed by atoms with Gasteiger partial charge in [0.25, 0.3) is 0 Å². The highest BCUT2D eigenvalue weighted by atomic mass is 19.1. The summed E-state index contributed by atoms with van der Waals surface area (Å²) in [5, 5.41) is 22.3. The van der Waals surface area contributed by atoms with Crippen LogP contribution in [0, 0.1) is 5.82 Å². The van der Waals surface area contributed by atoms with Crippen molar-refractivity contribution in [3.63, 3.8) is 0 Å². The van der Waals surface area contributed by atoms with Crippen LogP contribution in [0.1, 0.15) is 37.0 Å². The van der Waals surface area contributed by atoms with E-state index < -0.39 is 29.3 Å². The first kappa shape index (κ1) is 18.6. The summed E-state index contributed by atoms with van der Waals surface area (Å²) in [6.07, 6.45) is -1.46. The van der Waals surface area contributed by atoms with E-state index in [4.69, 9.17) is 0 Å². The first-order valence-corrected chi connectivity index (χ1v) is 7.92. The number of rotatable bonds is 7. The van der Waals surface area contributed by atoms with Gasteiger partial charge in [0.15, 0.2) is 5.54 Å². The van der Waals surface area contributed by atoms with E-state index in [1.165, 1.54) is 18.2 Å². The lowest BCUT2D eigenvalue weighted by atomic mass is 9.87. The van der Waals surface area contributed by atoms with E-state index in [1.807, 2.05) is 0 Å². The van der Waals surface area contributed by atoms with Crippen LogP contribution in [0.15, 0.2) is 54.6 Å². The number of hydrogen-bond acceptors (Lipinski definition) is 3. The first-order chi connectivity index (χ1) is 11.9. The van der Waals surface area contributed by atoms with Crippen LogP contribution in [-0.2, 0) is 15.1 Å². The second kappa shape index (κ2) is 7.90. The van der Waals surface area contributed by atoms with Crippen LogP contribution in [0.2, 0.25) is 0 Å². The zero-order chi connectivity index (χ0) is 18.4. The second-order valence-electron chi connectivity index (χ2n) is 5.75. The summed E-state index contributed by atoms with van der Waals surface area (Å²) in [5.74, 6) is -2.34. The molecular weight excluding hydrogens is 325 g/mol. The largest absolute Gasteiger partial charge is 0.479 e. The fourth-order valence-electron chi connectivity index (χ4n) is 2.71. The quantitative estimate of drug-likeness (QED) is 0.720. The van der Waals surface area contributed by atoms with Gasteiger partial charge in [0.1, 0.15) is 5.82 Å². The topological polar surface area (TPSA) is 86.6 Å². The molecule has 5 nitrogen and oxygen atoms in total. The monoisotopic (exact) mass is 345 g/mol. The average molecular weight is 345 g/mol. The fourth-order valence-corrected chi connectivity index (χ4v) is 2.71. The standard InChI is InChI=1S/C19H20FNO4/c1-2-19(18(24)25,14-8-4-3-5-9-14)21-17(23)12-16(22)13-7-6-10-15(20)11-13/h3-11,16,22H,2,12H2,1H3,(H,21,23)(H,24,25). The maximum absolute atomic E-state index is 13.2. The molecule has 0 radical (unpaired) electrons. The molecule has 0 fully saturated rings. The number of hydrogen-bond donors (Lipinski definition) is 3. The van der Waals surface area contributed by atoms with Gasteiger partial charge in [-0.15, -0.1) is 0 Å². The maximum atomic E-state index is 13.2. The third-order valence-electron chi connectivity index (χ3n) is 4.13. The fraction of sp³-hybridized carbons (Fsp3) is 0.263. The molecule has 0 aromatic heterocycles. The molecule has 0 saturated carbocycles. The molecule has 0 aliphatic rings. The van der Waals surface area contributed by atoms with Crippen LogP contribution in [-0.4, -0.2) is 22.1 Å². The maximum Gasteiger partial charge on any atom is 0.334 e. The lowest BCUT2D eigenvalue weighted by molar-refractivity contribution is -0.148. The Kier molecular flexibility index (Phi) is 5.88. The van der Waals surface area contributed by atoms with Crippen molar-refractivity contribution < 1.29 is 24.2 Å². The zero-order valence-corrected chi connectivity index (χ0v) is 13.8. The first-order valence-electron chi connectivity index (χ1n) is 7.92. The van der Waals surface area contributed by atoms with Gasteiger partial charge in [0, 0.05) is 0 Å². The minimum Gasteiger partial charge on any atom is -0.479 e. The zero-order valence-electron chi connectivity index (χ0n) is 13.8. The van der Waals surface area contributed by atoms with E-state index in [0.717, 1.165) is 6.07 Å². The van der Waals surface area contributed by atoms with Crippen LogP contribution < -0.4 is 5.32 Å². The highest BCUT2D eigenvalue weighted by molar-refractivity contribution is 5.88. The molecule has 0 heterocycles. The van der Waals surface area contributed by atoms with Crippen LogP contribution >= 0.6 is 0 Å². The number of aliphatic hydroxyl groups excluding tert-OH is 1. The van der Waals surface area contributed by atoms with Gasteiger partial charge in [-0.2, -0.15) is 0 Å². The predicted molar refractivity (Wildman–Crippen MR) is 90.2 cm³/mol. The molecule has 2 atom stereocenters. The minimum absolute atomic E-state index is 0.133. The summed E-state index contributed by atoms with van der Waals surface area (Å²) in [6.45, 7) is 1.66. The summed E-state index contributed by atoms with van der Waals surface area (Å²) in [7, 11) is 0. The van der Waals surface area contributed by atoms with Crippen molar-refractivity contribution >= 4 is 11.9 Å². The number of carboxylic acids is 1. The Hall–Kier alpha value is -2.73. The normalized spacial score (nSPS) is 14.4. The number of aliphatic carboxylic acids is 1. The summed E-state index contributed by atoms with van der Waals surface area (Å²) < 4.78 is 13.2. The molecule has 25 heavy (non-hydrogen) atoms. The van der Waals surface area contributed by atoms with Crippen molar-refractivity contribution in [1.82, 2.24) is 5.32 Å². The SMILES string of the molecule is CCC(NC(=O)CC(O)c1cccc(F)c1)(C(=O)O)c1ccccc1. The number of halogens is 1. The molecule has 0 spiro atoms. The number of carbonyl (C=O) groups excluding carboxylic acids is 1. The predicted octanol–water partition coefficient (Wildman–Crippen LogP) is 2.76. The van der Waals surface area contributed by atoms with Gasteiger partial charge in [-0.3, -0.25) is 4.79 Å². The van der Waals surface area contributed by atoms with Crippen molar-refractivity contribution in [3.8, 4) is 0 Å². The average Bonchev–Trinajstić information content (AvgIpc) is 2.60. The number of benzene rings is 2. The highest BCUT2D eigenvalue weighted by Gasteiger charge is 2.40. The van der Waals surface area contributed by atoms with Gasteiger partial charge in [0.05, 0.1) is 12.5 Å². The van der Waals surface area contributed by atoms with Gasteiger partial charge in [-0.05, 0) is 29.7 Å². The molecule has 2 aromatic carbocycles. The number of aliphatic hydroxyl groups is 1. The van der Waals surface area contributed by atoms with Gasteiger partial charge in [-0.1, -0.05) is 49.4 Å². The molecule has 1 amide bonds. The molecule has 2 rings (SSSR count). The van der Waals surface area contributed by atoms with Crippen molar-refractivity contribution in [3.05, 3.63) is 71.5 Å². The molecule has 0 saturated heterocycles. The van der Waals surface area contributed by atoms with E-state index in [2.05, 4.69) is 5.32 Å². The number of nitrogens with one attached hydrogen (secondary N) is 1. The molecular formula is C19H20FNO4. The van der Waals surface area contributed by atoms with Gasteiger partial charge >= 0.3 is 5.97 Å². The summed E-state index contributed by atoms with van der Waals surface area (Å²) in [5.41, 5.74) is -0.883. The molecule has 3 N–H and O–H groups in total. The third kappa shape index (κ3) is 4.22. The summed E-state index contributed by atoms with van der Waals surface area (Å²) >= 11 is 0. The minimum atomic E-state index is -1.58. The smallest absolute Gasteiger partial charge is 0.334 e. The number of amides is 1. The Morgan fingerprint density at radius 1 is 1.16 bits per heavy atom. The van der Waals surface area contributed by atoms with Crippen molar-refractivity contribution in [2.24, 2.45) is 0 Å². The summed E-state index contributed by atoms with van der Waals surface area (Å²) in [4.78, 5) is 24.2. The highest BCUT2D eigenvalue weighted by Crippen LogP contribution is 2.26. The van der Waals surface area contributed by atoms with E-state index in [0.29, 0.717) is 5.56 Å². The lowest BCUT2D eigenvalue weighted by Gasteiger charge is -2.30. The van der Waals surface area contributed by atoms with Crippen molar-refractivity contribution in [2.75, 3.05) is 0 Å². The van der Waals surface area contributed by atoms with E-state index in [1.54, 1.807) is 37.3 Å². The summed E-state index contributed by atoms with van der Waals surface area (Å²) in [6, 6.07) is 13.7. The Labute approximate surface area is 145 Å².